The molecule has 1 aliphatic heterocycles. The van der Waals surface area contributed by atoms with E-state index in [9.17, 15) is 0 Å². The van der Waals surface area contributed by atoms with Crippen molar-refractivity contribution in [1.29, 1.82) is 0 Å². The van der Waals surface area contributed by atoms with Crippen molar-refractivity contribution in [3.8, 4) is 5.75 Å². The first kappa shape index (κ1) is 11.7. The number of halogens is 1. The van der Waals surface area contributed by atoms with Crippen molar-refractivity contribution in [1.82, 2.24) is 0 Å². The summed E-state index contributed by atoms with van der Waals surface area (Å²) in [7, 11) is 0. The Labute approximate surface area is 102 Å². The van der Waals surface area contributed by atoms with E-state index in [1.165, 1.54) is 0 Å². The molecule has 0 bridgehead atoms. The van der Waals surface area contributed by atoms with Gasteiger partial charge < -0.3 is 9.47 Å². The van der Waals surface area contributed by atoms with Crippen molar-refractivity contribution in [3.05, 3.63) is 29.8 Å². The summed E-state index contributed by atoms with van der Waals surface area (Å²) in [4.78, 5) is 0. The zero-order valence-corrected chi connectivity index (χ0v) is 10.2. The van der Waals surface area contributed by atoms with Crippen LogP contribution in [0.4, 0.5) is 0 Å². The molecule has 2 rings (SSSR count). The highest BCUT2D eigenvalue weighted by Crippen LogP contribution is 2.39. The van der Waals surface area contributed by atoms with Crippen LogP contribution in [0.1, 0.15) is 25.0 Å². The predicted octanol–water partition coefficient (Wildman–Crippen LogP) is 3.40. The van der Waals surface area contributed by atoms with Crippen LogP contribution in [0.15, 0.2) is 24.3 Å². The van der Waals surface area contributed by atoms with E-state index in [2.05, 4.69) is 6.07 Å². The van der Waals surface area contributed by atoms with Crippen LogP contribution in [-0.4, -0.2) is 19.1 Å². The molecule has 3 heteroatoms. The number of hydrogen-bond acceptors (Lipinski definition) is 2. The third-order valence-electron chi connectivity index (χ3n) is 2.94. The molecule has 1 aromatic carbocycles. The molecule has 0 amide bonds. The Morgan fingerprint density at radius 3 is 3.00 bits per heavy atom. The van der Waals surface area contributed by atoms with Gasteiger partial charge in [-0.1, -0.05) is 18.2 Å². The van der Waals surface area contributed by atoms with Crippen LogP contribution in [0, 0.1) is 5.92 Å². The summed E-state index contributed by atoms with van der Waals surface area (Å²) in [5.41, 5.74) is 1.13. The fourth-order valence-corrected chi connectivity index (χ4v) is 2.45. The molecule has 1 aromatic rings. The third-order valence-corrected chi connectivity index (χ3v) is 3.33. The van der Waals surface area contributed by atoms with Crippen molar-refractivity contribution in [2.75, 3.05) is 19.1 Å². The van der Waals surface area contributed by atoms with E-state index in [4.69, 9.17) is 21.1 Å². The van der Waals surface area contributed by atoms with Gasteiger partial charge in [0, 0.05) is 24.0 Å². The molecule has 0 aromatic heterocycles. The van der Waals surface area contributed by atoms with E-state index in [0.717, 1.165) is 24.3 Å². The Kier molecular flexibility index (Phi) is 4.08. The lowest BCUT2D eigenvalue weighted by molar-refractivity contribution is 0.0922. The van der Waals surface area contributed by atoms with Crippen LogP contribution in [0.25, 0.3) is 0 Å². The number of para-hydroxylation sites is 1. The highest BCUT2D eigenvalue weighted by molar-refractivity contribution is 6.18. The fraction of sp³-hybridized carbons (Fsp3) is 0.538. The fourth-order valence-electron chi connectivity index (χ4n) is 2.14. The molecule has 1 heterocycles. The van der Waals surface area contributed by atoms with Crippen LogP contribution in [0.5, 0.6) is 5.75 Å². The van der Waals surface area contributed by atoms with Crippen LogP contribution in [0.2, 0.25) is 0 Å². The monoisotopic (exact) mass is 240 g/mol. The van der Waals surface area contributed by atoms with E-state index in [-0.39, 0.29) is 6.10 Å². The average molecular weight is 241 g/mol. The minimum absolute atomic E-state index is 0.0975. The molecule has 0 N–H and O–H groups in total. The largest absolute Gasteiger partial charge is 0.493 e. The average Bonchev–Trinajstić information content (AvgIpc) is 2.78. The van der Waals surface area contributed by atoms with Crippen molar-refractivity contribution in [3.63, 3.8) is 0 Å². The molecule has 16 heavy (non-hydrogen) atoms. The van der Waals surface area contributed by atoms with E-state index < -0.39 is 0 Å². The van der Waals surface area contributed by atoms with Gasteiger partial charge in [-0.25, -0.2) is 0 Å². The Balaban J connectivity index is 2.24. The van der Waals surface area contributed by atoms with Gasteiger partial charge in [0.15, 0.2) is 0 Å². The number of rotatable bonds is 4. The third kappa shape index (κ3) is 2.33. The second-order valence-corrected chi connectivity index (χ2v) is 4.27. The molecule has 2 unspecified atom stereocenters. The van der Waals surface area contributed by atoms with Gasteiger partial charge in [-0.05, 0) is 19.4 Å². The number of alkyl halides is 1. The molecule has 88 valence electrons. The van der Waals surface area contributed by atoms with Crippen molar-refractivity contribution in [2.24, 2.45) is 5.92 Å². The number of hydrogen-bond donors (Lipinski definition) is 0. The zero-order chi connectivity index (χ0) is 11.4. The van der Waals surface area contributed by atoms with Gasteiger partial charge >= 0.3 is 0 Å². The summed E-state index contributed by atoms with van der Waals surface area (Å²) in [6, 6.07) is 8.07. The standard InChI is InChI=1S/C13H17ClO2/c1-2-15-12-6-4-3-5-11(12)13-10(9-14)7-8-16-13/h3-6,10,13H,2,7-9H2,1H3. The first-order chi connectivity index (χ1) is 7.86. The lowest BCUT2D eigenvalue weighted by atomic mass is 9.96. The molecule has 2 atom stereocenters. The van der Waals surface area contributed by atoms with Crippen molar-refractivity contribution in [2.45, 2.75) is 19.4 Å². The molecule has 1 fully saturated rings. The van der Waals surface area contributed by atoms with Gasteiger partial charge in [0.1, 0.15) is 5.75 Å². The van der Waals surface area contributed by atoms with Gasteiger partial charge in [-0.2, -0.15) is 0 Å². The maximum atomic E-state index is 5.96. The van der Waals surface area contributed by atoms with Crippen molar-refractivity contribution < 1.29 is 9.47 Å². The Bertz CT molecular complexity index is 340. The normalized spacial score (nSPS) is 24.6. The van der Waals surface area contributed by atoms with Crippen LogP contribution in [0.3, 0.4) is 0 Å². The maximum Gasteiger partial charge on any atom is 0.125 e. The smallest absolute Gasteiger partial charge is 0.125 e. The number of ether oxygens (including phenoxy) is 2. The second-order valence-electron chi connectivity index (χ2n) is 3.97. The molecule has 1 saturated heterocycles. The Morgan fingerprint density at radius 1 is 1.44 bits per heavy atom. The lowest BCUT2D eigenvalue weighted by Gasteiger charge is -2.19. The summed E-state index contributed by atoms with van der Waals surface area (Å²) in [5.74, 6) is 1.97. The molecule has 0 aliphatic carbocycles. The molecule has 0 radical (unpaired) electrons. The van der Waals surface area contributed by atoms with Gasteiger partial charge in [-0.15, -0.1) is 11.6 Å². The molecular formula is C13H17ClO2. The maximum absolute atomic E-state index is 5.96. The van der Waals surface area contributed by atoms with Gasteiger partial charge in [0.05, 0.1) is 12.7 Å². The molecule has 0 spiro atoms. The molecule has 0 saturated carbocycles. The van der Waals surface area contributed by atoms with Crippen molar-refractivity contribution >= 4 is 11.6 Å². The Morgan fingerprint density at radius 2 is 2.25 bits per heavy atom. The van der Waals surface area contributed by atoms with Gasteiger partial charge in [0.25, 0.3) is 0 Å². The summed E-state index contributed by atoms with van der Waals surface area (Å²) in [6.45, 7) is 3.46. The van der Waals surface area contributed by atoms with Gasteiger partial charge in [0.2, 0.25) is 0 Å². The first-order valence-electron chi connectivity index (χ1n) is 5.76. The number of benzene rings is 1. The van der Waals surface area contributed by atoms with E-state index in [1.54, 1.807) is 0 Å². The summed E-state index contributed by atoms with van der Waals surface area (Å²) >= 11 is 5.96. The van der Waals surface area contributed by atoms with Crippen LogP contribution >= 0.6 is 11.6 Å². The quantitative estimate of drug-likeness (QED) is 0.751. The highest BCUT2D eigenvalue weighted by atomic mass is 35.5. The van der Waals surface area contributed by atoms with E-state index >= 15 is 0 Å². The van der Waals surface area contributed by atoms with Gasteiger partial charge in [-0.3, -0.25) is 0 Å². The highest BCUT2D eigenvalue weighted by Gasteiger charge is 2.30. The summed E-state index contributed by atoms with van der Waals surface area (Å²) < 4.78 is 11.4. The molecule has 1 aliphatic rings. The SMILES string of the molecule is CCOc1ccccc1C1OCCC1CCl. The molecular weight excluding hydrogens is 224 g/mol. The van der Waals surface area contributed by atoms with Crippen LogP contribution < -0.4 is 4.74 Å². The minimum Gasteiger partial charge on any atom is -0.493 e. The lowest BCUT2D eigenvalue weighted by Crippen LogP contribution is -2.10. The second kappa shape index (κ2) is 5.55. The zero-order valence-electron chi connectivity index (χ0n) is 9.49. The first-order valence-corrected chi connectivity index (χ1v) is 6.29. The molecule has 2 nitrogen and oxygen atoms in total. The predicted molar refractivity (Wildman–Crippen MR) is 65.1 cm³/mol. The summed E-state index contributed by atoms with van der Waals surface area (Å²) in [6.07, 6.45) is 1.13. The van der Waals surface area contributed by atoms with E-state index in [0.29, 0.717) is 18.4 Å². The van der Waals surface area contributed by atoms with E-state index in [1.807, 2.05) is 25.1 Å². The minimum atomic E-state index is 0.0975. The topological polar surface area (TPSA) is 18.5 Å². The van der Waals surface area contributed by atoms with Crippen LogP contribution in [-0.2, 0) is 4.74 Å². The Hall–Kier alpha value is -0.730. The summed E-state index contributed by atoms with van der Waals surface area (Å²) in [5, 5.41) is 0.